The Labute approximate surface area is 150 Å². The summed E-state index contributed by atoms with van der Waals surface area (Å²) in [5.41, 5.74) is 0.925. The number of anilines is 1. The molecule has 0 spiro atoms. The topological polar surface area (TPSA) is 74.8 Å². The maximum Gasteiger partial charge on any atom is 0.279 e. The van der Waals surface area contributed by atoms with Crippen molar-refractivity contribution >= 4 is 16.0 Å². The number of piperidine rings is 1. The summed E-state index contributed by atoms with van der Waals surface area (Å²) in [6.45, 7) is 6.87. The van der Waals surface area contributed by atoms with Gasteiger partial charge in [-0.2, -0.15) is 17.4 Å². The van der Waals surface area contributed by atoms with Crippen molar-refractivity contribution < 1.29 is 13.2 Å². The molecule has 0 unspecified atom stereocenters. The zero-order valence-corrected chi connectivity index (χ0v) is 15.8. The molecule has 1 aromatic rings. The molecule has 3 heterocycles. The van der Waals surface area contributed by atoms with Gasteiger partial charge in [-0.15, -0.1) is 0 Å². The fourth-order valence-corrected chi connectivity index (χ4v) is 4.80. The van der Waals surface area contributed by atoms with Crippen LogP contribution in [0.25, 0.3) is 0 Å². The minimum atomic E-state index is -3.52. The fraction of sp³-hybridized carbons (Fsp3) is 0.706. The van der Waals surface area contributed by atoms with Crippen molar-refractivity contribution in [1.29, 1.82) is 0 Å². The van der Waals surface area contributed by atoms with Crippen molar-refractivity contribution in [2.75, 3.05) is 31.1 Å². The van der Waals surface area contributed by atoms with Crippen LogP contribution >= 0.6 is 0 Å². The van der Waals surface area contributed by atoms with E-state index in [0.717, 1.165) is 24.5 Å². The van der Waals surface area contributed by atoms with Gasteiger partial charge in [0.05, 0.1) is 12.2 Å². The van der Waals surface area contributed by atoms with Crippen LogP contribution in [0.1, 0.15) is 38.7 Å². The maximum atomic E-state index is 12.6. The van der Waals surface area contributed by atoms with Crippen LogP contribution in [0.3, 0.4) is 0 Å². The Morgan fingerprint density at radius 1 is 1.20 bits per heavy atom. The van der Waals surface area contributed by atoms with E-state index in [0.29, 0.717) is 13.1 Å². The molecule has 7 nitrogen and oxygen atoms in total. The zero-order chi connectivity index (χ0) is 17.9. The Morgan fingerprint density at radius 3 is 2.56 bits per heavy atom. The highest BCUT2D eigenvalue weighted by atomic mass is 32.2. The standard InChI is InChI=1S/C17H28N4O3S/c1-14-12-21(13-15(2)24-14)25(22,23)19-11-16-6-7-18-17(10-16)20-8-4-3-5-9-20/h6-7,10,14-15,19H,3-5,8-9,11-13H2,1-2H3/t14-,15-/m0/s1. The number of hydrogen-bond acceptors (Lipinski definition) is 5. The molecule has 2 fully saturated rings. The van der Waals surface area contributed by atoms with E-state index >= 15 is 0 Å². The van der Waals surface area contributed by atoms with Gasteiger partial charge in [0.1, 0.15) is 5.82 Å². The molecule has 0 amide bonds. The van der Waals surface area contributed by atoms with Gasteiger partial charge in [-0.3, -0.25) is 0 Å². The Bertz CT molecular complexity index is 666. The van der Waals surface area contributed by atoms with E-state index in [-0.39, 0.29) is 18.8 Å². The van der Waals surface area contributed by atoms with Gasteiger partial charge in [0, 0.05) is 38.9 Å². The van der Waals surface area contributed by atoms with E-state index in [1.807, 2.05) is 26.0 Å². The molecule has 0 aliphatic carbocycles. The van der Waals surface area contributed by atoms with Crippen LogP contribution in [0.2, 0.25) is 0 Å². The number of aromatic nitrogens is 1. The lowest BCUT2D eigenvalue weighted by atomic mass is 10.1. The molecule has 8 heteroatoms. The molecule has 25 heavy (non-hydrogen) atoms. The number of nitrogens with zero attached hydrogens (tertiary/aromatic N) is 3. The van der Waals surface area contributed by atoms with E-state index in [2.05, 4.69) is 14.6 Å². The average molecular weight is 369 g/mol. The molecule has 2 aliphatic rings. The van der Waals surface area contributed by atoms with Gasteiger partial charge in [-0.1, -0.05) is 0 Å². The van der Waals surface area contributed by atoms with Crippen molar-refractivity contribution in [3.05, 3.63) is 23.9 Å². The highest BCUT2D eigenvalue weighted by molar-refractivity contribution is 7.87. The van der Waals surface area contributed by atoms with Gasteiger partial charge in [0.25, 0.3) is 10.2 Å². The lowest BCUT2D eigenvalue weighted by Crippen LogP contribution is -2.51. The van der Waals surface area contributed by atoms with Crippen molar-refractivity contribution in [2.24, 2.45) is 0 Å². The third-order valence-electron chi connectivity index (χ3n) is 4.67. The third kappa shape index (κ3) is 4.91. The molecular weight excluding hydrogens is 340 g/mol. The Hall–Kier alpha value is -1.22. The summed E-state index contributed by atoms with van der Waals surface area (Å²) in [4.78, 5) is 6.71. The number of nitrogens with one attached hydrogen (secondary N) is 1. The minimum absolute atomic E-state index is 0.0908. The second kappa shape index (κ2) is 7.99. The molecule has 2 atom stereocenters. The van der Waals surface area contributed by atoms with Crippen LogP contribution in [0.15, 0.2) is 18.3 Å². The Balaban J connectivity index is 1.62. The first-order valence-corrected chi connectivity index (χ1v) is 10.5. The van der Waals surface area contributed by atoms with Gasteiger partial charge in [-0.25, -0.2) is 4.98 Å². The molecule has 0 radical (unpaired) electrons. The SMILES string of the molecule is C[C@H]1CN(S(=O)(=O)NCc2ccnc(N3CCCCC3)c2)C[C@H](C)O1. The van der Waals surface area contributed by atoms with E-state index < -0.39 is 10.2 Å². The van der Waals surface area contributed by atoms with Crippen LogP contribution in [0.5, 0.6) is 0 Å². The molecule has 1 aromatic heterocycles. The number of morpholine rings is 1. The van der Waals surface area contributed by atoms with Crippen LogP contribution in [0.4, 0.5) is 5.82 Å². The molecule has 0 aromatic carbocycles. The summed E-state index contributed by atoms with van der Waals surface area (Å²) in [6.07, 6.45) is 5.22. The summed E-state index contributed by atoms with van der Waals surface area (Å²) < 4.78 is 34.9. The predicted molar refractivity (Wildman–Crippen MR) is 97.6 cm³/mol. The second-order valence-electron chi connectivity index (χ2n) is 6.97. The first kappa shape index (κ1) is 18.6. The smallest absolute Gasteiger partial charge is 0.279 e. The monoisotopic (exact) mass is 368 g/mol. The number of pyridine rings is 1. The summed E-state index contributed by atoms with van der Waals surface area (Å²) in [5, 5.41) is 0. The molecule has 0 bridgehead atoms. The zero-order valence-electron chi connectivity index (χ0n) is 15.0. The first-order valence-electron chi connectivity index (χ1n) is 9.04. The van der Waals surface area contributed by atoms with Crippen LogP contribution in [0, 0.1) is 0 Å². The summed E-state index contributed by atoms with van der Waals surface area (Å²) >= 11 is 0. The third-order valence-corrected chi connectivity index (χ3v) is 6.16. The van der Waals surface area contributed by atoms with E-state index in [4.69, 9.17) is 4.74 Å². The van der Waals surface area contributed by atoms with Gasteiger partial charge in [0.15, 0.2) is 0 Å². The highest BCUT2D eigenvalue weighted by Gasteiger charge is 2.30. The normalized spacial score (nSPS) is 25.9. The average Bonchev–Trinajstić information content (AvgIpc) is 2.60. The molecule has 2 aliphatic heterocycles. The van der Waals surface area contributed by atoms with E-state index in [9.17, 15) is 8.42 Å². The summed E-state index contributed by atoms with van der Waals surface area (Å²) in [6, 6.07) is 3.85. The van der Waals surface area contributed by atoms with Crippen molar-refractivity contribution in [2.45, 2.75) is 51.9 Å². The predicted octanol–water partition coefficient (Wildman–Crippen LogP) is 1.52. The quantitative estimate of drug-likeness (QED) is 0.853. The van der Waals surface area contributed by atoms with Crippen LogP contribution in [-0.4, -0.2) is 56.1 Å². The lowest BCUT2D eigenvalue weighted by Gasteiger charge is -2.34. The van der Waals surface area contributed by atoms with Crippen LogP contribution < -0.4 is 9.62 Å². The molecule has 0 saturated carbocycles. The van der Waals surface area contributed by atoms with Gasteiger partial charge < -0.3 is 9.64 Å². The number of hydrogen-bond donors (Lipinski definition) is 1. The summed E-state index contributed by atoms with van der Waals surface area (Å²) in [7, 11) is -3.52. The lowest BCUT2D eigenvalue weighted by molar-refractivity contribution is -0.0444. The summed E-state index contributed by atoms with van der Waals surface area (Å²) in [5.74, 6) is 0.935. The number of ether oxygens (including phenoxy) is 1. The van der Waals surface area contributed by atoms with Crippen molar-refractivity contribution in [3.63, 3.8) is 0 Å². The van der Waals surface area contributed by atoms with E-state index in [1.165, 1.54) is 23.6 Å². The van der Waals surface area contributed by atoms with Crippen molar-refractivity contribution in [1.82, 2.24) is 14.0 Å². The van der Waals surface area contributed by atoms with Gasteiger partial charge in [-0.05, 0) is 50.8 Å². The first-order chi connectivity index (χ1) is 11.9. The van der Waals surface area contributed by atoms with E-state index in [1.54, 1.807) is 6.20 Å². The highest BCUT2D eigenvalue weighted by Crippen LogP contribution is 2.19. The second-order valence-corrected chi connectivity index (χ2v) is 8.73. The Morgan fingerprint density at radius 2 is 1.88 bits per heavy atom. The number of rotatable bonds is 5. The van der Waals surface area contributed by atoms with Crippen molar-refractivity contribution in [3.8, 4) is 0 Å². The maximum absolute atomic E-state index is 12.6. The van der Waals surface area contributed by atoms with Crippen LogP contribution in [-0.2, 0) is 21.5 Å². The molecule has 3 rings (SSSR count). The fourth-order valence-electron chi connectivity index (χ4n) is 3.46. The van der Waals surface area contributed by atoms with Gasteiger partial charge in [0.2, 0.25) is 0 Å². The Kier molecular flexibility index (Phi) is 5.93. The molecule has 140 valence electrons. The molecule has 2 saturated heterocycles. The largest absolute Gasteiger partial charge is 0.373 e. The molecule has 1 N–H and O–H groups in total. The van der Waals surface area contributed by atoms with Gasteiger partial charge >= 0.3 is 0 Å². The molecular formula is C17H28N4O3S. The minimum Gasteiger partial charge on any atom is -0.373 e.